The Morgan fingerprint density at radius 3 is 2.88 bits per heavy atom. The van der Waals surface area contributed by atoms with E-state index < -0.39 is 17.6 Å². The van der Waals surface area contributed by atoms with E-state index in [0.717, 1.165) is 29.7 Å². The minimum atomic E-state index is -0.565. The number of amides is 2. The molecule has 2 aromatic rings. The van der Waals surface area contributed by atoms with Crippen molar-refractivity contribution in [2.24, 2.45) is 5.73 Å². The Kier molecular flexibility index (Phi) is 4.86. The number of fused-ring (bicyclic) bond motifs is 1. The Morgan fingerprint density at radius 1 is 1.38 bits per heavy atom. The van der Waals surface area contributed by atoms with Crippen LogP contribution in [0.1, 0.15) is 27.2 Å². The highest BCUT2D eigenvalue weighted by Gasteiger charge is 2.26. The van der Waals surface area contributed by atoms with Crippen LogP contribution in [-0.4, -0.2) is 18.4 Å². The van der Waals surface area contributed by atoms with E-state index in [9.17, 15) is 14.0 Å². The summed E-state index contributed by atoms with van der Waals surface area (Å²) in [7, 11) is 0. The van der Waals surface area contributed by atoms with Gasteiger partial charge in [-0.2, -0.15) is 0 Å². The van der Waals surface area contributed by atoms with Crippen molar-refractivity contribution < 1.29 is 18.7 Å². The van der Waals surface area contributed by atoms with E-state index in [2.05, 4.69) is 21.2 Å². The number of hydrogen-bond acceptors (Lipinski definition) is 4. The first-order chi connectivity index (χ1) is 11.5. The third-order valence-corrected chi connectivity index (χ3v) is 5.37. The number of anilines is 1. The molecule has 0 unspecified atom stereocenters. The molecule has 0 radical (unpaired) electrons. The number of ether oxygens (including phenoxy) is 1. The summed E-state index contributed by atoms with van der Waals surface area (Å²) in [4.78, 5) is 24.8. The topological polar surface area (TPSA) is 81.4 Å². The van der Waals surface area contributed by atoms with Crippen LogP contribution in [0.25, 0.3) is 0 Å². The monoisotopic (exact) mass is 412 g/mol. The van der Waals surface area contributed by atoms with Gasteiger partial charge in [-0.05, 0) is 43.0 Å². The lowest BCUT2D eigenvalue weighted by molar-refractivity contribution is -0.118. The van der Waals surface area contributed by atoms with Gasteiger partial charge in [0.05, 0.1) is 5.56 Å². The highest BCUT2D eigenvalue weighted by molar-refractivity contribution is 9.10. The molecule has 3 N–H and O–H groups in total. The fourth-order valence-electron chi connectivity index (χ4n) is 2.65. The molecule has 1 aromatic heterocycles. The molecule has 0 saturated carbocycles. The zero-order valence-corrected chi connectivity index (χ0v) is 14.9. The number of thiophene rings is 1. The largest absolute Gasteiger partial charge is 0.481 e. The SMILES string of the molecule is NC(=O)c1c(NC(=O)COc2ccc(Br)cc2F)sc2c1CCC2. The van der Waals surface area contributed by atoms with Crippen molar-refractivity contribution >= 4 is 44.1 Å². The molecule has 5 nitrogen and oxygen atoms in total. The molecule has 8 heteroatoms. The molecular weight excluding hydrogens is 399 g/mol. The van der Waals surface area contributed by atoms with Crippen molar-refractivity contribution in [3.05, 3.63) is 44.5 Å². The summed E-state index contributed by atoms with van der Waals surface area (Å²) in [6.07, 6.45) is 2.67. The molecule has 0 bridgehead atoms. The summed E-state index contributed by atoms with van der Waals surface area (Å²) in [5, 5.41) is 3.09. The molecule has 24 heavy (non-hydrogen) atoms. The van der Waals surface area contributed by atoms with Crippen LogP contribution in [0.2, 0.25) is 0 Å². The van der Waals surface area contributed by atoms with E-state index in [1.54, 1.807) is 6.07 Å². The number of primary amides is 1. The second kappa shape index (κ2) is 6.90. The second-order valence-corrected chi connectivity index (χ2v) is 7.36. The zero-order valence-electron chi connectivity index (χ0n) is 12.5. The lowest BCUT2D eigenvalue weighted by Gasteiger charge is -2.08. The van der Waals surface area contributed by atoms with Gasteiger partial charge in [-0.15, -0.1) is 11.3 Å². The molecule has 1 heterocycles. The van der Waals surface area contributed by atoms with Crippen LogP contribution in [0.5, 0.6) is 5.75 Å². The molecule has 1 aliphatic carbocycles. The zero-order chi connectivity index (χ0) is 17.3. The Morgan fingerprint density at radius 2 is 2.17 bits per heavy atom. The summed E-state index contributed by atoms with van der Waals surface area (Å²) >= 11 is 4.51. The van der Waals surface area contributed by atoms with Crippen molar-refractivity contribution in [1.29, 1.82) is 0 Å². The molecule has 0 fully saturated rings. The molecule has 0 saturated heterocycles. The molecule has 126 valence electrons. The maximum Gasteiger partial charge on any atom is 0.262 e. The summed E-state index contributed by atoms with van der Waals surface area (Å²) in [5.74, 6) is -1.61. The smallest absolute Gasteiger partial charge is 0.262 e. The van der Waals surface area contributed by atoms with Crippen molar-refractivity contribution in [3.8, 4) is 5.75 Å². The average molecular weight is 413 g/mol. The Bertz CT molecular complexity index is 822. The van der Waals surface area contributed by atoms with Crippen LogP contribution in [0, 0.1) is 5.82 Å². The van der Waals surface area contributed by atoms with Crippen LogP contribution < -0.4 is 15.8 Å². The maximum absolute atomic E-state index is 13.7. The highest BCUT2D eigenvalue weighted by atomic mass is 79.9. The first-order valence-corrected chi connectivity index (χ1v) is 8.88. The molecule has 1 aliphatic rings. The van der Waals surface area contributed by atoms with Gasteiger partial charge < -0.3 is 15.8 Å². The summed E-state index contributed by atoms with van der Waals surface area (Å²) in [5.41, 5.74) is 6.76. The van der Waals surface area contributed by atoms with Gasteiger partial charge in [0.2, 0.25) is 0 Å². The number of aryl methyl sites for hydroxylation is 1. The van der Waals surface area contributed by atoms with Gasteiger partial charge in [0.25, 0.3) is 11.8 Å². The Balaban J connectivity index is 1.68. The van der Waals surface area contributed by atoms with E-state index in [0.29, 0.717) is 15.0 Å². The molecular formula is C16H14BrFN2O3S. The third kappa shape index (κ3) is 3.44. The second-order valence-electron chi connectivity index (χ2n) is 5.34. The molecule has 0 aliphatic heterocycles. The number of nitrogens with two attached hydrogens (primary N) is 1. The first-order valence-electron chi connectivity index (χ1n) is 7.27. The summed E-state index contributed by atoms with van der Waals surface area (Å²) in [6, 6.07) is 4.30. The number of rotatable bonds is 5. The van der Waals surface area contributed by atoms with Gasteiger partial charge in [0.1, 0.15) is 5.00 Å². The minimum Gasteiger partial charge on any atom is -0.481 e. The third-order valence-electron chi connectivity index (χ3n) is 3.67. The number of nitrogens with one attached hydrogen (secondary N) is 1. The maximum atomic E-state index is 13.7. The summed E-state index contributed by atoms with van der Waals surface area (Å²) in [6.45, 7) is -0.362. The molecule has 0 spiro atoms. The Labute approximate surface area is 150 Å². The minimum absolute atomic E-state index is 0.0165. The quantitative estimate of drug-likeness (QED) is 0.790. The Hall–Kier alpha value is -1.93. The number of carbonyl (C=O) groups excluding carboxylic acids is 2. The van der Waals surface area contributed by atoms with Gasteiger partial charge in [-0.1, -0.05) is 15.9 Å². The molecule has 1 aromatic carbocycles. The average Bonchev–Trinajstić information content (AvgIpc) is 3.06. The van der Waals surface area contributed by atoms with Gasteiger partial charge in [0.15, 0.2) is 18.2 Å². The molecule has 2 amide bonds. The van der Waals surface area contributed by atoms with Gasteiger partial charge in [0, 0.05) is 9.35 Å². The number of benzene rings is 1. The van der Waals surface area contributed by atoms with Crippen molar-refractivity contribution in [2.75, 3.05) is 11.9 Å². The lowest BCUT2D eigenvalue weighted by atomic mass is 10.1. The number of halogens is 2. The van der Waals surface area contributed by atoms with E-state index in [1.165, 1.54) is 23.5 Å². The predicted molar refractivity (Wildman–Crippen MR) is 93.1 cm³/mol. The van der Waals surface area contributed by atoms with Gasteiger partial charge in [-0.3, -0.25) is 9.59 Å². The van der Waals surface area contributed by atoms with E-state index in [-0.39, 0.29) is 12.4 Å². The van der Waals surface area contributed by atoms with E-state index in [4.69, 9.17) is 10.5 Å². The van der Waals surface area contributed by atoms with Crippen LogP contribution in [-0.2, 0) is 17.6 Å². The van der Waals surface area contributed by atoms with Crippen molar-refractivity contribution in [2.45, 2.75) is 19.3 Å². The van der Waals surface area contributed by atoms with Crippen LogP contribution in [0.4, 0.5) is 9.39 Å². The normalized spacial score (nSPS) is 12.8. The van der Waals surface area contributed by atoms with Crippen LogP contribution in [0.15, 0.2) is 22.7 Å². The number of hydrogen-bond donors (Lipinski definition) is 2. The summed E-state index contributed by atoms with van der Waals surface area (Å²) < 4.78 is 19.4. The van der Waals surface area contributed by atoms with Gasteiger partial charge >= 0.3 is 0 Å². The van der Waals surface area contributed by atoms with Crippen LogP contribution in [0.3, 0.4) is 0 Å². The van der Waals surface area contributed by atoms with Crippen LogP contribution >= 0.6 is 27.3 Å². The standard InChI is InChI=1S/C16H14BrFN2O3S/c17-8-4-5-11(10(18)6-8)23-7-13(21)20-16-14(15(19)22)9-2-1-3-12(9)24-16/h4-6H,1-3,7H2,(H2,19,22)(H,20,21). The number of carbonyl (C=O) groups is 2. The fourth-order valence-corrected chi connectivity index (χ4v) is 4.30. The highest BCUT2D eigenvalue weighted by Crippen LogP contribution is 2.38. The first kappa shape index (κ1) is 16.9. The molecule has 0 atom stereocenters. The van der Waals surface area contributed by atoms with Gasteiger partial charge in [-0.25, -0.2) is 4.39 Å². The predicted octanol–water partition coefficient (Wildman–Crippen LogP) is 3.25. The fraction of sp³-hybridized carbons (Fsp3) is 0.250. The van der Waals surface area contributed by atoms with Crippen molar-refractivity contribution in [3.63, 3.8) is 0 Å². The molecule has 3 rings (SSSR count). The van der Waals surface area contributed by atoms with E-state index >= 15 is 0 Å². The van der Waals surface area contributed by atoms with Crippen molar-refractivity contribution in [1.82, 2.24) is 0 Å². The lowest BCUT2D eigenvalue weighted by Crippen LogP contribution is -2.22. The van der Waals surface area contributed by atoms with E-state index in [1.807, 2.05) is 0 Å².